The van der Waals surface area contributed by atoms with Crippen molar-refractivity contribution in [1.29, 1.82) is 0 Å². The Labute approximate surface area is 189 Å². The molecular weight excluding hydrogens is 434 g/mol. The van der Waals surface area contributed by atoms with E-state index < -0.39 is 0 Å². The summed E-state index contributed by atoms with van der Waals surface area (Å²) in [5.74, 6) is 0.838. The van der Waals surface area contributed by atoms with Gasteiger partial charge in [0.2, 0.25) is 5.91 Å². The fourth-order valence-corrected chi connectivity index (χ4v) is 4.23. The van der Waals surface area contributed by atoms with E-state index in [0.29, 0.717) is 41.6 Å². The number of thiazole rings is 1. The van der Waals surface area contributed by atoms with E-state index in [0.717, 1.165) is 24.6 Å². The zero-order valence-electron chi connectivity index (χ0n) is 16.8. The van der Waals surface area contributed by atoms with Crippen LogP contribution < -0.4 is 10.2 Å². The SMILES string of the molecule is O=C(Nc1nc(CCC(=O)N2CCN(c3ccccn3)CC2)cs1)c1ccc(Cl)cc1. The van der Waals surface area contributed by atoms with Crippen LogP contribution in [0.5, 0.6) is 0 Å². The van der Waals surface area contributed by atoms with E-state index in [9.17, 15) is 9.59 Å². The molecule has 0 bridgehead atoms. The Bertz CT molecular complexity index is 1030. The first kappa shape index (κ1) is 21.3. The average molecular weight is 456 g/mol. The van der Waals surface area contributed by atoms with Gasteiger partial charge in [0.15, 0.2) is 5.13 Å². The third-order valence-corrected chi connectivity index (χ3v) is 6.14. The second-order valence-corrected chi connectivity index (χ2v) is 8.46. The molecule has 1 aromatic carbocycles. The number of hydrogen-bond donors (Lipinski definition) is 1. The maximum atomic E-state index is 12.6. The summed E-state index contributed by atoms with van der Waals surface area (Å²) in [4.78, 5) is 37.8. The number of hydrogen-bond acceptors (Lipinski definition) is 6. The van der Waals surface area contributed by atoms with Crippen molar-refractivity contribution >= 4 is 45.7 Å². The van der Waals surface area contributed by atoms with Crippen molar-refractivity contribution in [2.24, 2.45) is 0 Å². The van der Waals surface area contributed by atoms with E-state index in [2.05, 4.69) is 20.2 Å². The Morgan fingerprint density at radius 3 is 2.55 bits per heavy atom. The smallest absolute Gasteiger partial charge is 0.257 e. The van der Waals surface area contributed by atoms with Crippen molar-refractivity contribution in [3.8, 4) is 0 Å². The molecule has 160 valence electrons. The minimum Gasteiger partial charge on any atom is -0.353 e. The summed E-state index contributed by atoms with van der Waals surface area (Å²) in [6.45, 7) is 2.93. The zero-order chi connectivity index (χ0) is 21.6. The second-order valence-electron chi connectivity index (χ2n) is 7.16. The van der Waals surface area contributed by atoms with Crippen molar-refractivity contribution in [2.45, 2.75) is 12.8 Å². The van der Waals surface area contributed by atoms with E-state index in [1.165, 1.54) is 11.3 Å². The first-order valence-corrected chi connectivity index (χ1v) is 11.3. The molecule has 0 radical (unpaired) electrons. The van der Waals surface area contributed by atoms with E-state index >= 15 is 0 Å². The number of rotatable bonds is 6. The normalized spacial score (nSPS) is 13.8. The number of aryl methyl sites for hydroxylation is 1. The lowest BCUT2D eigenvalue weighted by Gasteiger charge is -2.35. The summed E-state index contributed by atoms with van der Waals surface area (Å²) in [6, 6.07) is 12.5. The molecule has 4 rings (SSSR count). The topological polar surface area (TPSA) is 78.4 Å². The van der Waals surface area contributed by atoms with E-state index in [1.54, 1.807) is 30.5 Å². The number of benzene rings is 1. The molecule has 0 aliphatic carbocycles. The van der Waals surface area contributed by atoms with Crippen LogP contribution in [0.1, 0.15) is 22.5 Å². The van der Waals surface area contributed by atoms with Crippen LogP contribution in [0.3, 0.4) is 0 Å². The van der Waals surface area contributed by atoms with Gasteiger partial charge in [-0.05, 0) is 42.8 Å². The number of carbonyl (C=O) groups is 2. The molecular formula is C22H22ClN5O2S. The number of pyridine rings is 1. The molecule has 1 fully saturated rings. The molecule has 3 aromatic rings. The van der Waals surface area contributed by atoms with E-state index in [-0.39, 0.29) is 11.8 Å². The van der Waals surface area contributed by atoms with Crippen LogP contribution in [0.2, 0.25) is 5.02 Å². The van der Waals surface area contributed by atoms with Crippen molar-refractivity contribution in [3.63, 3.8) is 0 Å². The molecule has 7 nitrogen and oxygen atoms in total. The highest BCUT2D eigenvalue weighted by Crippen LogP contribution is 2.19. The highest BCUT2D eigenvalue weighted by Gasteiger charge is 2.21. The number of halogens is 1. The fourth-order valence-electron chi connectivity index (χ4n) is 3.37. The number of aromatic nitrogens is 2. The minimum absolute atomic E-state index is 0.125. The summed E-state index contributed by atoms with van der Waals surface area (Å²) in [5, 5.41) is 5.77. The van der Waals surface area contributed by atoms with Crippen LogP contribution in [0.15, 0.2) is 54.0 Å². The number of amides is 2. The number of piperazine rings is 1. The van der Waals surface area contributed by atoms with E-state index in [1.807, 2.05) is 28.5 Å². The van der Waals surface area contributed by atoms with Crippen molar-refractivity contribution < 1.29 is 9.59 Å². The van der Waals surface area contributed by atoms with Crippen molar-refractivity contribution in [1.82, 2.24) is 14.9 Å². The van der Waals surface area contributed by atoms with Gasteiger partial charge in [0.25, 0.3) is 5.91 Å². The van der Waals surface area contributed by atoms with Crippen LogP contribution in [-0.4, -0.2) is 52.9 Å². The molecule has 0 atom stereocenters. The van der Waals surface area contributed by atoms with E-state index in [4.69, 9.17) is 11.6 Å². The molecule has 1 N–H and O–H groups in total. The minimum atomic E-state index is -0.237. The van der Waals surface area contributed by atoms with Crippen LogP contribution in [-0.2, 0) is 11.2 Å². The molecule has 9 heteroatoms. The predicted octanol–water partition coefficient (Wildman–Crippen LogP) is 3.73. The van der Waals surface area contributed by atoms with Gasteiger partial charge >= 0.3 is 0 Å². The molecule has 2 amide bonds. The predicted molar refractivity (Wildman–Crippen MR) is 123 cm³/mol. The highest BCUT2D eigenvalue weighted by molar-refractivity contribution is 7.14. The quantitative estimate of drug-likeness (QED) is 0.612. The molecule has 1 aliphatic heterocycles. The van der Waals surface area contributed by atoms with Gasteiger partial charge in [-0.25, -0.2) is 9.97 Å². The first-order chi connectivity index (χ1) is 15.1. The summed E-state index contributed by atoms with van der Waals surface area (Å²) >= 11 is 7.21. The number of anilines is 2. The maximum Gasteiger partial charge on any atom is 0.257 e. The second kappa shape index (κ2) is 9.89. The summed E-state index contributed by atoms with van der Waals surface area (Å²) in [7, 11) is 0. The summed E-state index contributed by atoms with van der Waals surface area (Å²) < 4.78 is 0. The van der Waals surface area contributed by atoms with Gasteiger partial charge < -0.3 is 9.80 Å². The number of nitrogens with one attached hydrogen (secondary N) is 1. The van der Waals surface area contributed by atoms with Gasteiger partial charge in [0.05, 0.1) is 5.69 Å². The van der Waals surface area contributed by atoms with Gasteiger partial charge in [-0.3, -0.25) is 14.9 Å². The lowest BCUT2D eigenvalue weighted by molar-refractivity contribution is -0.131. The van der Waals surface area contributed by atoms with Crippen LogP contribution in [0, 0.1) is 0 Å². The third-order valence-electron chi connectivity index (χ3n) is 5.08. The summed E-state index contributed by atoms with van der Waals surface area (Å²) in [6.07, 6.45) is 2.73. The zero-order valence-corrected chi connectivity index (χ0v) is 18.4. The summed E-state index contributed by atoms with van der Waals surface area (Å²) in [5.41, 5.74) is 1.32. The molecule has 0 saturated carbocycles. The number of carbonyl (C=O) groups excluding carboxylic acids is 2. The van der Waals surface area contributed by atoms with Gasteiger partial charge in [0, 0.05) is 54.8 Å². The Morgan fingerprint density at radius 1 is 1.06 bits per heavy atom. The molecule has 1 aliphatic rings. The Hall–Kier alpha value is -2.97. The molecule has 1 saturated heterocycles. The van der Waals surface area contributed by atoms with Crippen LogP contribution in [0.25, 0.3) is 0 Å². The largest absolute Gasteiger partial charge is 0.353 e. The van der Waals surface area contributed by atoms with Crippen LogP contribution in [0.4, 0.5) is 10.9 Å². The molecule has 0 spiro atoms. The molecule has 2 aromatic heterocycles. The highest BCUT2D eigenvalue weighted by atomic mass is 35.5. The molecule has 0 unspecified atom stereocenters. The van der Waals surface area contributed by atoms with Gasteiger partial charge in [0.1, 0.15) is 5.82 Å². The average Bonchev–Trinajstić information content (AvgIpc) is 3.26. The van der Waals surface area contributed by atoms with Crippen molar-refractivity contribution in [3.05, 3.63) is 70.3 Å². The van der Waals surface area contributed by atoms with Crippen LogP contribution >= 0.6 is 22.9 Å². The Kier molecular flexibility index (Phi) is 6.79. The van der Waals surface area contributed by atoms with Gasteiger partial charge in [-0.15, -0.1) is 11.3 Å². The monoisotopic (exact) mass is 455 g/mol. The molecule has 31 heavy (non-hydrogen) atoms. The molecule has 3 heterocycles. The lowest BCUT2D eigenvalue weighted by Crippen LogP contribution is -2.49. The Morgan fingerprint density at radius 2 is 1.84 bits per heavy atom. The standard InChI is InChI=1S/C22H22ClN5O2S/c23-17-6-4-16(5-7-17)21(30)26-22-25-18(15-31-22)8-9-20(29)28-13-11-27(12-14-28)19-3-1-2-10-24-19/h1-7,10,15H,8-9,11-14H2,(H,25,26,30). The van der Waals surface area contributed by atoms with Crippen molar-refractivity contribution in [2.75, 3.05) is 36.4 Å². The van der Waals surface area contributed by atoms with Gasteiger partial charge in [-0.2, -0.15) is 0 Å². The number of nitrogens with zero attached hydrogens (tertiary/aromatic N) is 4. The van der Waals surface area contributed by atoms with Gasteiger partial charge in [-0.1, -0.05) is 17.7 Å². The maximum absolute atomic E-state index is 12.6. The third kappa shape index (κ3) is 5.59. The Balaban J connectivity index is 1.23. The first-order valence-electron chi connectivity index (χ1n) is 10.0. The lowest BCUT2D eigenvalue weighted by atomic mass is 10.2. The fraction of sp³-hybridized carbons (Fsp3) is 0.273.